The Balaban J connectivity index is 2.55. The maximum Gasteiger partial charge on any atom is 0.0606 e. The lowest BCUT2D eigenvalue weighted by Gasteiger charge is -2.22. The zero-order valence-corrected chi connectivity index (χ0v) is 12.5. The molecule has 0 amide bonds. The predicted molar refractivity (Wildman–Crippen MR) is 84.0 cm³/mol. The van der Waals surface area contributed by atoms with Crippen LogP contribution in [0.2, 0.25) is 0 Å². The molecular weight excluding hydrogens is 236 g/mol. The highest BCUT2D eigenvalue weighted by Gasteiger charge is 2.04. The van der Waals surface area contributed by atoms with E-state index < -0.39 is 0 Å². The Morgan fingerprint density at radius 2 is 1.89 bits per heavy atom. The van der Waals surface area contributed by atoms with E-state index in [2.05, 4.69) is 55.3 Å². The van der Waals surface area contributed by atoms with E-state index in [0.717, 1.165) is 6.54 Å². The fourth-order valence-corrected chi connectivity index (χ4v) is 2.23. The van der Waals surface area contributed by atoms with Crippen LogP contribution in [0.1, 0.15) is 40.0 Å². The SMILES string of the molecule is CCCCC(C)Nc1ccc(N(CC)CCO)cc1. The third-order valence-electron chi connectivity index (χ3n) is 3.39. The van der Waals surface area contributed by atoms with Gasteiger partial charge in [-0.25, -0.2) is 0 Å². The standard InChI is InChI=1S/C16H28N2O/c1-4-6-7-14(3)17-15-8-10-16(11-9-15)18(5-2)12-13-19/h8-11,14,17,19H,4-7,12-13H2,1-3H3. The average molecular weight is 264 g/mol. The van der Waals surface area contributed by atoms with Crippen LogP contribution >= 0.6 is 0 Å². The molecule has 0 saturated heterocycles. The fourth-order valence-electron chi connectivity index (χ4n) is 2.23. The molecule has 0 radical (unpaired) electrons. The average Bonchev–Trinajstić information content (AvgIpc) is 2.43. The Morgan fingerprint density at radius 3 is 2.42 bits per heavy atom. The molecule has 1 unspecified atom stereocenters. The van der Waals surface area contributed by atoms with Crippen molar-refractivity contribution in [3.63, 3.8) is 0 Å². The summed E-state index contributed by atoms with van der Waals surface area (Å²) in [6.07, 6.45) is 3.73. The van der Waals surface area contributed by atoms with Crippen LogP contribution in [0, 0.1) is 0 Å². The molecule has 1 rings (SSSR count). The lowest BCUT2D eigenvalue weighted by Crippen LogP contribution is -2.26. The lowest BCUT2D eigenvalue weighted by atomic mass is 10.1. The summed E-state index contributed by atoms with van der Waals surface area (Å²) in [6.45, 7) is 8.36. The summed E-state index contributed by atoms with van der Waals surface area (Å²) in [7, 11) is 0. The fraction of sp³-hybridized carbons (Fsp3) is 0.625. The van der Waals surface area contributed by atoms with Gasteiger partial charge in [0.1, 0.15) is 0 Å². The van der Waals surface area contributed by atoms with Crippen LogP contribution in [-0.4, -0.2) is 30.8 Å². The van der Waals surface area contributed by atoms with Crippen LogP contribution in [0.15, 0.2) is 24.3 Å². The van der Waals surface area contributed by atoms with Gasteiger partial charge in [-0.1, -0.05) is 19.8 Å². The van der Waals surface area contributed by atoms with Gasteiger partial charge in [0.2, 0.25) is 0 Å². The number of rotatable bonds is 9. The molecule has 0 aliphatic carbocycles. The number of likely N-dealkylation sites (N-methyl/N-ethyl adjacent to an activating group) is 1. The topological polar surface area (TPSA) is 35.5 Å². The van der Waals surface area contributed by atoms with E-state index in [1.165, 1.54) is 30.6 Å². The second-order valence-electron chi connectivity index (χ2n) is 5.04. The van der Waals surface area contributed by atoms with Crippen molar-refractivity contribution in [2.45, 2.75) is 46.1 Å². The molecule has 0 saturated carbocycles. The minimum Gasteiger partial charge on any atom is -0.395 e. The normalized spacial score (nSPS) is 12.2. The van der Waals surface area contributed by atoms with Crippen LogP contribution < -0.4 is 10.2 Å². The summed E-state index contributed by atoms with van der Waals surface area (Å²) in [6, 6.07) is 9.00. The van der Waals surface area contributed by atoms with Crippen LogP contribution in [0.25, 0.3) is 0 Å². The second-order valence-corrected chi connectivity index (χ2v) is 5.04. The van der Waals surface area contributed by atoms with E-state index in [0.29, 0.717) is 12.6 Å². The minimum absolute atomic E-state index is 0.196. The molecule has 0 aliphatic rings. The van der Waals surface area contributed by atoms with Crippen LogP contribution in [0.4, 0.5) is 11.4 Å². The maximum atomic E-state index is 9.03. The number of hydrogen-bond donors (Lipinski definition) is 2. The molecule has 19 heavy (non-hydrogen) atoms. The summed E-state index contributed by atoms with van der Waals surface area (Å²) in [5.74, 6) is 0. The number of aliphatic hydroxyl groups is 1. The highest BCUT2D eigenvalue weighted by Crippen LogP contribution is 2.19. The molecule has 1 aromatic carbocycles. The highest BCUT2D eigenvalue weighted by molar-refractivity contribution is 5.55. The number of nitrogens with zero attached hydrogens (tertiary/aromatic N) is 1. The summed E-state index contributed by atoms with van der Waals surface area (Å²) in [4.78, 5) is 2.17. The molecule has 1 atom stereocenters. The number of unbranched alkanes of at least 4 members (excludes halogenated alkanes) is 1. The van der Waals surface area contributed by atoms with Crippen molar-refractivity contribution in [3.05, 3.63) is 24.3 Å². The predicted octanol–water partition coefficient (Wildman–Crippen LogP) is 3.50. The molecule has 0 aliphatic heterocycles. The molecule has 0 spiro atoms. The Hall–Kier alpha value is -1.22. The van der Waals surface area contributed by atoms with Gasteiger partial charge in [0.25, 0.3) is 0 Å². The van der Waals surface area contributed by atoms with Crippen LogP contribution in [0.3, 0.4) is 0 Å². The van der Waals surface area contributed by atoms with Crippen molar-refractivity contribution < 1.29 is 5.11 Å². The second kappa shape index (κ2) is 8.81. The van der Waals surface area contributed by atoms with Crippen molar-refractivity contribution in [2.24, 2.45) is 0 Å². The van der Waals surface area contributed by atoms with Gasteiger partial charge in [0.15, 0.2) is 0 Å². The van der Waals surface area contributed by atoms with Crippen molar-refractivity contribution in [1.82, 2.24) is 0 Å². The summed E-state index contributed by atoms with van der Waals surface area (Å²) >= 11 is 0. The maximum absolute atomic E-state index is 9.03. The van der Waals surface area contributed by atoms with Gasteiger partial charge in [-0.15, -0.1) is 0 Å². The molecule has 0 aromatic heterocycles. The number of hydrogen-bond acceptors (Lipinski definition) is 3. The van der Waals surface area contributed by atoms with E-state index in [9.17, 15) is 0 Å². The molecular formula is C16H28N2O. The Morgan fingerprint density at radius 1 is 1.21 bits per heavy atom. The van der Waals surface area contributed by atoms with Gasteiger partial charge in [0, 0.05) is 30.5 Å². The van der Waals surface area contributed by atoms with Gasteiger partial charge in [-0.05, 0) is 44.5 Å². The molecule has 0 heterocycles. The highest BCUT2D eigenvalue weighted by atomic mass is 16.3. The smallest absolute Gasteiger partial charge is 0.0606 e. The van der Waals surface area contributed by atoms with E-state index in [4.69, 9.17) is 5.11 Å². The number of benzene rings is 1. The Labute approximate surface area is 117 Å². The zero-order chi connectivity index (χ0) is 14.1. The molecule has 0 bridgehead atoms. The number of aliphatic hydroxyl groups excluding tert-OH is 1. The van der Waals surface area contributed by atoms with E-state index in [1.54, 1.807) is 0 Å². The third kappa shape index (κ3) is 5.52. The number of nitrogens with one attached hydrogen (secondary N) is 1. The zero-order valence-electron chi connectivity index (χ0n) is 12.5. The Kier molecular flexibility index (Phi) is 7.34. The van der Waals surface area contributed by atoms with Crippen LogP contribution in [-0.2, 0) is 0 Å². The van der Waals surface area contributed by atoms with Gasteiger partial charge in [-0.3, -0.25) is 0 Å². The van der Waals surface area contributed by atoms with Crippen molar-refractivity contribution in [3.8, 4) is 0 Å². The van der Waals surface area contributed by atoms with Crippen molar-refractivity contribution in [2.75, 3.05) is 29.9 Å². The van der Waals surface area contributed by atoms with Crippen molar-refractivity contribution in [1.29, 1.82) is 0 Å². The van der Waals surface area contributed by atoms with Crippen molar-refractivity contribution >= 4 is 11.4 Å². The molecule has 108 valence electrons. The monoisotopic (exact) mass is 264 g/mol. The quantitative estimate of drug-likeness (QED) is 0.716. The minimum atomic E-state index is 0.196. The largest absolute Gasteiger partial charge is 0.395 e. The molecule has 3 heteroatoms. The lowest BCUT2D eigenvalue weighted by molar-refractivity contribution is 0.302. The molecule has 3 nitrogen and oxygen atoms in total. The van der Waals surface area contributed by atoms with Gasteiger partial charge in [-0.2, -0.15) is 0 Å². The summed E-state index contributed by atoms with van der Waals surface area (Å²) in [5.41, 5.74) is 2.34. The van der Waals surface area contributed by atoms with Gasteiger partial charge >= 0.3 is 0 Å². The first-order valence-electron chi connectivity index (χ1n) is 7.43. The first-order valence-corrected chi connectivity index (χ1v) is 7.43. The van der Waals surface area contributed by atoms with Gasteiger partial charge < -0.3 is 15.3 Å². The molecule has 1 aromatic rings. The first kappa shape index (κ1) is 15.8. The third-order valence-corrected chi connectivity index (χ3v) is 3.39. The molecule has 2 N–H and O–H groups in total. The van der Waals surface area contributed by atoms with Crippen LogP contribution in [0.5, 0.6) is 0 Å². The van der Waals surface area contributed by atoms with E-state index in [-0.39, 0.29) is 6.61 Å². The van der Waals surface area contributed by atoms with E-state index >= 15 is 0 Å². The number of anilines is 2. The van der Waals surface area contributed by atoms with Gasteiger partial charge in [0.05, 0.1) is 6.61 Å². The summed E-state index contributed by atoms with van der Waals surface area (Å²) in [5, 5.41) is 12.6. The Bertz CT molecular complexity index is 337. The first-order chi connectivity index (χ1) is 9.21. The molecule has 0 fully saturated rings. The van der Waals surface area contributed by atoms with E-state index in [1.807, 2.05) is 0 Å². The summed E-state index contributed by atoms with van der Waals surface area (Å²) < 4.78 is 0.